The van der Waals surface area contributed by atoms with E-state index in [2.05, 4.69) is 16.8 Å². The standard InChI is InChI=1S/C38H35F2N3O7/c1-38(47-3)21-42(22-38)13-15-48-34-19-29-27(18-33(34)46-2)31(10-12-41-29)50-32-9-4-23(16-28(32)40)17-30(44)35-36-24(11-14-49-36)20-43(37(35)45)26-7-5-25(39)6-8-26/h4-10,12,16,18-20H,11,13-15,17,21-22H2,1-3H3. The van der Waals surface area contributed by atoms with Crippen molar-refractivity contribution in [3.05, 3.63) is 112 Å². The van der Waals surface area contributed by atoms with Crippen LogP contribution >= 0.6 is 0 Å². The second-order valence-electron chi connectivity index (χ2n) is 12.6. The van der Waals surface area contributed by atoms with Gasteiger partial charge in [-0.1, -0.05) is 6.07 Å². The molecule has 2 aliphatic heterocycles. The summed E-state index contributed by atoms with van der Waals surface area (Å²) in [7, 11) is 3.26. The zero-order valence-electron chi connectivity index (χ0n) is 27.8. The molecular formula is C38H35F2N3O7. The second-order valence-corrected chi connectivity index (χ2v) is 12.6. The van der Waals surface area contributed by atoms with Gasteiger partial charge in [-0.2, -0.15) is 0 Å². The Bertz CT molecular complexity index is 2150. The molecule has 0 atom stereocenters. The predicted molar refractivity (Wildman–Crippen MR) is 181 cm³/mol. The van der Waals surface area contributed by atoms with Crippen molar-refractivity contribution in [3.8, 4) is 34.4 Å². The fourth-order valence-electron chi connectivity index (χ4n) is 6.39. The van der Waals surface area contributed by atoms with Crippen LogP contribution in [0.2, 0.25) is 0 Å². The molecule has 0 bridgehead atoms. The van der Waals surface area contributed by atoms with Gasteiger partial charge < -0.3 is 23.7 Å². The molecule has 50 heavy (non-hydrogen) atoms. The minimum Gasteiger partial charge on any atom is -0.493 e. The van der Waals surface area contributed by atoms with E-state index in [1.807, 2.05) is 0 Å². The summed E-state index contributed by atoms with van der Waals surface area (Å²) in [5.41, 5.74) is 1.18. The molecule has 5 aromatic rings. The van der Waals surface area contributed by atoms with E-state index in [-0.39, 0.29) is 29.1 Å². The third-order valence-electron chi connectivity index (χ3n) is 9.08. The highest BCUT2D eigenvalue weighted by Gasteiger charge is 2.38. The van der Waals surface area contributed by atoms with Gasteiger partial charge in [0.15, 0.2) is 28.8 Å². The van der Waals surface area contributed by atoms with Gasteiger partial charge in [-0.3, -0.25) is 24.0 Å². The average Bonchev–Trinajstić information content (AvgIpc) is 3.56. The van der Waals surface area contributed by atoms with Crippen LogP contribution in [0.5, 0.6) is 28.7 Å². The summed E-state index contributed by atoms with van der Waals surface area (Å²) in [6, 6.07) is 14.7. The third-order valence-corrected chi connectivity index (χ3v) is 9.08. The topological polar surface area (TPSA) is 101 Å². The number of benzene rings is 3. The molecule has 2 aliphatic rings. The first kappa shape index (κ1) is 33.2. The quantitative estimate of drug-likeness (QED) is 0.148. The number of nitrogens with zero attached hydrogens (tertiary/aromatic N) is 3. The number of ketones is 1. The summed E-state index contributed by atoms with van der Waals surface area (Å²) in [5.74, 6) is -0.144. The number of rotatable bonds is 12. The number of hydrogen-bond donors (Lipinski definition) is 0. The van der Waals surface area contributed by atoms with Gasteiger partial charge in [0.1, 0.15) is 29.5 Å². The van der Waals surface area contributed by atoms with Crippen molar-refractivity contribution in [2.24, 2.45) is 0 Å². The van der Waals surface area contributed by atoms with Crippen LogP contribution in [0, 0.1) is 11.6 Å². The highest BCUT2D eigenvalue weighted by atomic mass is 19.1. The molecule has 0 saturated carbocycles. The molecule has 0 radical (unpaired) electrons. The van der Waals surface area contributed by atoms with Crippen molar-refractivity contribution in [2.75, 3.05) is 47.1 Å². The molecule has 258 valence electrons. The molecule has 2 aromatic heterocycles. The van der Waals surface area contributed by atoms with E-state index < -0.39 is 23.0 Å². The Kier molecular flexibility index (Phi) is 8.98. The van der Waals surface area contributed by atoms with Crippen LogP contribution in [0.25, 0.3) is 16.6 Å². The van der Waals surface area contributed by atoms with E-state index in [1.54, 1.807) is 43.8 Å². The number of hydrogen-bond acceptors (Lipinski definition) is 9. The fourth-order valence-corrected chi connectivity index (χ4v) is 6.39. The Hall–Kier alpha value is -5.33. The number of carbonyl (C=O) groups excluding carboxylic acids is 1. The molecule has 12 heteroatoms. The Morgan fingerprint density at radius 1 is 0.980 bits per heavy atom. The van der Waals surface area contributed by atoms with Gasteiger partial charge in [-0.05, 0) is 61.0 Å². The number of Topliss-reactive ketones (excluding diaryl/α,β-unsaturated/α-hetero) is 1. The van der Waals surface area contributed by atoms with E-state index in [9.17, 15) is 14.0 Å². The minimum atomic E-state index is -0.694. The first-order valence-electron chi connectivity index (χ1n) is 16.2. The van der Waals surface area contributed by atoms with Gasteiger partial charge in [0.25, 0.3) is 5.56 Å². The van der Waals surface area contributed by atoms with E-state index in [4.69, 9.17) is 23.7 Å². The molecule has 0 amide bonds. The number of pyridine rings is 2. The van der Waals surface area contributed by atoms with Crippen molar-refractivity contribution in [1.29, 1.82) is 0 Å². The lowest BCUT2D eigenvalue weighted by Crippen LogP contribution is -2.61. The van der Waals surface area contributed by atoms with Gasteiger partial charge in [0.05, 0.1) is 24.8 Å². The Labute approximate surface area is 286 Å². The fraction of sp³-hybridized carbons (Fsp3) is 0.289. The van der Waals surface area contributed by atoms with Crippen LogP contribution in [0.3, 0.4) is 0 Å². The molecule has 1 fully saturated rings. The van der Waals surface area contributed by atoms with E-state index >= 15 is 4.39 Å². The van der Waals surface area contributed by atoms with Gasteiger partial charge in [0.2, 0.25) is 0 Å². The number of ether oxygens (including phenoxy) is 5. The Balaban J connectivity index is 1.08. The van der Waals surface area contributed by atoms with E-state index in [0.29, 0.717) is 64.6 Å². The Morgan fingerprint density at radius 2 is 1.78 bits per heavy atom. The molecule has 1 saturated heterocycles. The zero-order valence-corrected chi connectivity index (χ0v) is 27.8. The van der Waals surface area contributed by atoms with E-state index in [1.165, 1.54) is 48.1 Å². The van der Waals surface area contributed by atoms with Crippen molar-refractivity contribution >= 4 is 16.7 Å². The van der Waals surface area contributed by atoms with Gasteiger partial charge >= 0.3 is 0 Å². The maximum atomic E-state index is 15.5. The molecule has 0 unspecified atom stereocenters. The lowest BCUT2D eigenvalue weighted by molar-refractivity contribution is -0.112. The van der Waals surface area contributed by atoms with Crippen LogP contribution in [-0.4, -0.2) is 72.9 Å². The van der Waals surface area contributed by atoms with Crippen molar-refractivity contribution in [1.82, 2.24) is 14.5 Å². The molecule has 3 aromatic carbocycles. The molecule has 0 N–H and O–H groups in total. The van der Waals surface area contributed by atoms with Crippen molar-refractivity contribution in [2.45, 2.75) is 25.4 Å². The number of methoxy groups -OCH3 is 2. The third kappa shape index (κ3) is 6.51. The highest BCUT2D eigenvalue weighted by molar-refractivity contribution is 6.00. The zero-order chi connectivity index (χ0) is 35.0. The van der Waals surface area contributed by atoms with Gasteiger partial charge in [0, 0.05) is 74.7 Å². The summed E-state index contributed by atoms with van der Waals surface area (Å²) in [4.78, 5) is 33.8. The largest absolute Gasteiger partial charge is 0.493 e. The first-order valence-corrected chi connectivity index (χ1v) is 16.2. The smallest absolute Gasteiger partial charge is 0.269 e. The normalized spacial score (nSPS) is 14.9. The Morgan fingerprint density at radius 3 is 2.52 bits per heavy atom. The van der Waals surface area contributed by atoms with Gasteiger partial charge in [-0.25, -0.2) is 8.78 Å². The number of halogens is 2. The lowest BCUT2D eigenvalue weighted by Gasteiger charge is -2.46. The molecule has 7 rings (SSSR count). The maximum Gasteiger partial charge on any atom is 0.269 e. The summed E-state index contributed by atoms with van der Waals surface area (Å²) < 4.78 is 59.2. The highest BCUT2D eigenvalue weighted by Crippen LogP contribution is 2.38. The summed E-state index contributed by atoms with van der Waals surface area (Å²) >= 11 is 0. The van der Waals surface area contributed by atoms with Crippen LogP contribution < -0.4 is 24.5 Å². The molecule has 10 nitrogen and oxygen atoms in total. The molecule has 4 heterocycles. The maximum absolute atomic E-state index is 15.5. The van der Waals surface area contributed by atoms with Crippen LogP contribution in [0.15, 0.2) is 77.9 Å². The predicted octanol–water partition coefficient (Wildman–Crippen LogP) is 5.92. The van der Waals surface area contributed by atoms with Crippen molar-refractivity contribution < 1.29 is 37.3 Å². The SMILES string of the molecule is COc1cc2c(Oc3ccc(CC(=O)c4c5c(cn(-c6ccc(F)cc6)c4=O)CCO5)cc3F)ccnc2cc1OCCN1CC(C)(OC)C1. The van der Waals surface area contributed by atoms with Crippen LogP contribution in [-0.2, 0) is 17.6 Å². The molecule has 0 aliphatic carbocycles. The molecule has 0 spiro atoms. The molecular weight excluding hydrogens is 648 g/mol. The first-order chi connectivity index (χ1) is 24.1. The minimum absolute atomic E-state index is 0.0619. The van der Waals surface area contributed by atoms with E-state index in [0.717, 1.165) is 19.6 Å². The lowest BCUT2D eigenvalue weighted by atomic mass is 9.97. The monoisotopic (exact) mass is 683 g/mol. The average molecular weight is 684 g/mol. The van der Waals surface area contributed by atoms with Gasteiger partial charge in [-0.15, -0.1) is 0 Å². The van der Waals surface area contributed by atoms with Crippen LogP contribution in [0.1, 0.15) is 28.4 Å². The number of likely N-dealkylation sites (tertiary alicyclic amines) is 1. The summed E-state index contributed by atoms with van der Waals surface area (Å²) in [5, 5.41) is 0.587. The second kappa shape index (κ2) is 13.5. The number of fused-ring (bicyclic) bond motifs is 2. The summed E-state index contributed by atoms with van der Waals surface area (Å²) in [6.07, 6.45) is 3.43. The number of aromatic nitrogens is 2. The summed E-state index contributed by atoms with van der Waals surface area (Å²) in [6.45, 7) is 5.24. The van der Waals surface area contributed by atoms with Crippen molar-refractivity contribution in [3.63, 3.8) is 0 Å². The number of carbonyl (C=O) groups is 1. The van der Waals surface area contributed by atoms with Crippen LogP contribution in [0.4, 0.5) is 8.78 Å².